The lowest BCUT2D eigenvalue weighted by Crippen LogP contribution is -2.46. The smallest absolute Gasteiger partial charge is 0.234 e. The van der Waals surface area contributed by atoms with E-state index in [0.29, 0.717) is 18.6 Å². The summed E-state index contributed by atoms with van der Waals surface area (Å²) in [5.74, 6) is 0.237. The molecule has 1 heterocycles. The fourth-order valence-electron chi connectivity index (χ4n) is 2.92. The molecule has 0 aromatic rings. The van der Waals surface area contributed by atoms with Gasteiger partial charge in [-0.05, 0) is 39.2 Å². The van der Waals surface area contributed by atoms with Gasteiger partial charge in [0.25, 0.3) is 0 Å². The molecule has 0 aromatic carbocycles. The molecule has 2 aliphatic rings. The lowest BCUT2D eigenvalue weighted by Gasteiger charge is -2.32. The lowest BCUT2D eigenvalue weighted by atomic mass is 10.0. The highest BCUT2D eigenvalue weighted by atomic mass is 16.2. The van der Waals surface area contributed by atoms with Crippen molar-refractivity contribution in [3.05, 3.63) is 0 Å². The van der Waals surface area contributed by atoms with Crippen LogP contribution in [0.1, 0.15) is 51.9 Å². The van der Waals surface area contributed by atoms with Gasteiger partial charge >= 0.3 is 0 Å². The Morgan fingerprint density at radius 3 is 2.56 bits per heavy atom. The predicted octanol–water partition coefficient (Wildman–Crippen LogP) is 1.92. The van der Waals surface area contributed by atoms with Crippen molar-refractivity contribution >= 4 is 5.91 Å². The molecule has 3 heteroatoms. The molecular formula is C13H24N2O. The van der Waals surface area contributed by atoms with Gasteiger partial charge in [0.15, 0.2) is 0 Å². The van der Waals surface area contributed by atoms with E-state index in [-0.39, 0.29) is 5.91 Å². The van der Waals surface area contributed by atoms with E-state index < -0.39 is 0 Å². The average molecular weight is 224 g/mol. The predicted molar refractivity (Wildman–Crippen MR) is 65.3 cm³/mol. The van der Waals surface area contributed by atoms with Crippen LogP contribution in [-0.4, -0.2) is 36.0 Å². The second kappa shape index (κ2) is 5.67. The molecule has 1 amide bonds. The van der Waals surface area contributed by atoms with Crippen LogP contribution in [0.3, 0.4) is 0 Å². The molecule has 1 N–H and O–H groups in total. The lowest BCUT2D eigenvalue weighted by molar-refractivity contribution is -0.123. The normalized spacial score (nSPS) is 28.2. The summed E-state index contributed by atoms with van der Waals surface area (Å²) < 4.78 is 0. The van der Waals surface area contributed by atoms with Crippen LogP contribution in [-0.2, 0) is 4.79 Å². The van der Waals surface area contributed by atoms with Crippen molar-refractivity contribution in [2.45, 2.75) is 64.0 Å². The molecule has 2 fully saturated rings. The molecule has 1 aliphatic carbocycles. The number of piperidine rings is 1. The summed E-state index contributed by atoms with van der Waals surface area (Å²) in [5.41, 5.74) is 0. The van der Waals surface area contributed by atoms with Crippen LogP contribution < -0.4 is 5.32 Å². The van der Waals surface area contributed by atoms with Crippen LogP contribution in [0.25, 0.3) is 0 Å². The van der Waals surface area contributed by atoms with Gasteiger partial charge in [0.05, 0.1) is 6.54 Å². The molecule has 2 rings (SSSR count). The maximum Gasteiger partial charge on any atom is 0.234 e. The monoisotopic (exact) mass is 224 g/mol. The van der Waals surface area contributed by atoms with Gasteiger partial charge in [-0.15, -0.1) is 0 Å². The van der Waals surface area contributed by atoms with E-state index in [1.165, 1.54) is 44.9 Å². The van der Waals surface area contributed by atoms with E-state index in [9.17, 15) is 4.79 Å². The van der Waals surface area contributed by atoms with E-state index in [0.717, 1.165) is 6.54 Å². The summed E-state index contributed by atoms with van der Waals surface area (Å²) in [6, 6.07) is 1.05. The standard InChI is InChI=1S/C13H24N2O/c1-11-6-4-5-9-15(11)10-13(16)14-12-7-2-3-8-12/h11-12H,2-10H2,1H3,(H,14,16). The van der Waals surface area contributed by atoms with E-state index in [4.69, 9.17) is 0 Å². The fourth-order valence-corrected chi connectivity index (χ4v) is 2.92. The number of hydrogen-bond acceptors (Lipinski definition) is 2. The Bertz CT molecular complexity index is 236. The third kappa shape index (κ3) is 3.21. The minimum absolute atomic E-state index is 0.237. The van der Waals surface area contributed by atoms with Crippen molar-refractivity contribution in [3.8, 4) is 0 Å². The molecule has 16 heavy (non-hydrogen) atoms. The number of carbonyl (C=O) groups excluding carboxylic acids is 1. The van der Waals surface area contributed by atoms with Crippen molar-refractivity contribution in [3.63, 3.8) is 0 Å². The van der Waals surface area contributed by atoms with E-state index >= 15 is 0 Å². The molecule has 3 nitrogen and oxygen atoms in total. The average Bonchev–Trinajstić information content (AvgIpc) is 2.74. The van der Waals surface area contributed by atoms with Crippen LogP contribution >= 0.6 is 0 Å². The zero-order valence-electron chi connectivity index (χ0n) is 10.4. The number of rotatable bonds is 3. The molecule has 0 spiro atoms. The fraction of sp³-hybridized carbons (Fsp3) is 0.923. The summed E-state index contributed by atoms with van der Waals surface area (Å²) in [6.07, 6.45) is 8.75. The first-order valence-electron chi connectivity index (χ1n) is 6.79. The molecule has 0 aromatic heterocycles. The van der Waals surface area contributed by atoms with Crippen molar-refractivity contribution in [1.82, 2.24) is 10.2 Å². The van der Waals surface area contributed by atoms with Gasteiger partial charge in [-0.3, -0.25) is 9.69 Å². The van der Waals surface area contributed by atoms with Crippen LogP contribution in [0.5, 0.6) is 0 Å². The molecule has 1 saturated heterocycles. The third-order valence-corrected chi connectivity index (χ3v) is 4.01. The molecule has 1 aliphatic heterocycles. The zero-order valence-corrected chi connectivity index (χ0v) is 10.4. The number of likely N-dealkylation sites (tertiary alicyclic amines) is 1. The topological polar surface area (TPSA) is 32.3 Å². The number of amides is 1. The summed E-state index contributed by atoms with van der Waals surface area (Å²) >= 11 is 0. The van der Waals surface area contributed by atoms with Gasteiger partial charge in [0, 0.05) is 12.1 Å². The number of hydrogen-bond donors (Lipinski definition) is 1. The number of carbonyl (C=O) groups is 1. The van der Waals surface area contributed by atoms with Crippen LogP contribution in [0.15, 0.2) is 0 Å². The van der Waals surface area contributed by atoms with Crippen molar-refractivity contribution in [2.75, 3.05) is 13.1 Å². The van der Waals surface area contributed by atoms with Gasteiger partial charge in [0.2, 0.25) is 5.91 Å². The van der Waals surface area contributed by atoms with Gasteiger partial charge in [-0.1, -0.05) is 19.3 Å². The highest BCUT2D eigenvalue weighted by molar-refractivity contribution is 5.78. The van der Waals surface area contributed by atoms with Gasteiger partial charge in [-0.25, -0.2) is 0 Å². The van der Waals surface area contributed by atoms with Crippen molar-refractivity contribution < 1.29 is 4.79 Å². The number of nitrogens with one attached hydrogen (secondary N) is 1. The van der Waals surface area contributed by atoms with E-state index in [1.807, 2.05) is 0 Å². The first-order chi connectivity index (χ1) is 7.75. The van der Waals surface area contributed by atoms with E-state index in [1.54, 1.807) is 0 Å². The van der Waals surface area contributed by atoms with E-state index in [2.05, 4.69) is 17.1 Å². The largest absolute Gasteiger partial charge is 0.352 e. The minimum atomic E-state index is 0.237. The first-order valence-corrected chi connectivity index (χ1v) is 6.79. The Balaban J connectivity index is 1.72. The SMILES string of the molecule is CC1CCCCN1CC(=O)NC1CCCC1. The van der Waals surface area contributed by atoms with Gasteiger partial charge < -0.3 is 5.32 Å². The Morgan fingerprint density at radius 1 is 1.19 bits per heavy atom. The molecule has 1 atom stereocenters. The summed E-state index contributed by atoms with van der Waals surface area (Å²) in [5, 5.41) is 3.17. The zero-order chi connectivity index (χ0) is 11.4. The van der Waals surface area contributed by atoms with Crippen LogP contribution in [0, 0.1) is 0 Å². The molecule has 1 unspecified atom stereocenters. The Kier molecular flexibility index (Phi) is 4.22. The Labute approximate surface area is 98.6 Å². The van der Waals surface area contributed by atoms with Crippen molar-refractivity contribution in [1.29, 1.82) is 0 Å². The number of nitrogens with zero attached hydrogens (tertiary/aromatic N) is 1. The molecule has 92 valence electrons. The van der Waals surface area contributed by atoms with Crippen LogP contribution in [0.4, 0.5) is 0 Å². The molecular weight excluding hydrogens is 200 g/mol. The molecule has 0 radical (unpaired) electrons. The van der Waals surface area contributed by atoms with Crippen molar-refractivity contribution in [2.24, 2.45) is 0 Å². The molecule has 0 bridgehead atoms. The van der Waals surface area contributed by atoms with Gasteiger partial charge in [-0.2, -0.15) is 0 Å². The summed E-state index contributed by atoms with van der Waals surface area (Å²) in [4.78, 5) is 14.2. The highest BCUT2D eigenvalue weighted by Crippen LogP contribution is 2.18. The third-order valence-electron chi connectivity index (χ3n) is 4.01. The summed E-state index contributed by atoms with van der Waals surface area (Å²) in [6.45, 7) is 3.94. The molecule has 1 saturated carbocycles. The maximum absolute atomic E-state index is 11.9. The minimum Gasteiger partial charge on any atom is -0.352 e. The maximum atomic E-state index is 11.9. The highest BCUT2D eigenvalue weighted by Gasteiger charge is 2.22. The second-order valence-corrected chi connectivity index (χ2v) is 5.36. The quantitative estimate of drug-likeness (QED) is 0.794. The Hall–Kier alpha value is -0.570. The van der Waals surface area contributed by atoms with Gasteiger partial charge in [0.1, 0.15) is 0 Å². The second-order valence-electron chi connectivity index (χ2n) is 5.36. The first kappa shape index (κ1) is 11.9. The Morgan fingerprint density at radius 2 is 1.88 bits per heavy atom. The van der Waals surface area contributed by atoms with Crippen LogP contribution in [0.2, 0.25) is 0 Å². The summed E-state index contributed by atoms with van der Waals surface area (Å²) in [7, 11) is 0.